The van der Waals surface area contributed by atoms with Gasteiger partial charge in [-0.1, -0.05) is 23.2 Å². The fourth-order valence-corrected chi connectivity index (χ4v) is 1.83. The monoisotopic (exact) mass is 299 g/mol. The van der Waals surface area contributed by atoms with E-state index in [-0.39, 0.29) is 5.02 Å². The zero-order valence-corrected chi connectivity index (χ0v) is 11.3. The zero-order valence-electron chi connectivity index (χ0n) is 9.82. The molecule has 19 heavy (non-hydrogen) atoms. The predicted octanol–water partition coefficient (Wildman–Crippen LogP) is 1.96. The van der Waals surface area contributed by atoms with Crippen molar-refractivity contribution in [1.29, 1.82) is 0 Å². The van der Waals surface area contributed by atoms with Gasteiger partial charge in [-0.15, -0.1) is 0 Å². The normalized spacial score (nSPS) is 10.4. The number of hydrogen-bond acceptors (Lipinski definition) is 3. The number of halogens is 2. The van der Waals surface area contributed by atoms with E-state index in [0.717, 1.165) is 5.69 Å². The minimum Gasteiger partial charge on any atom is -0.383 e. The average molecular weight is 300 g/mol. The Labute approximate surface area is 118 Å². The van der Waals surface area contributed by atoms with Gasteiger partial charge in [0, 0.05) is 30.0 Å². The summed E-state index contributed by atoms with van der Waals surface area (Å²) in [5.74, 6) is 0. The second kappa shape index (κ2) is 5.95. The van der Waals surface area contributed by atoms with Gasteiger partial charge in [0.15, 0.2) is 0 Å². The number of hydrogen-bond donors (Lipinski definition) is 2. The molecule has 0 saturated heterocycles. The smallest absolute Gasteiger partial charge is 0.328 e. The molecule has 0 amide bonds. The lowest BCUT2D eigenvalue weighted by atomic mass is 10.3. The van der Waals surface area contributed by atoms with E-state index >= 15 is 0 Å². The van der Waals surface area contributed by atoms with Crippen molar-refractivity contribution < 1.29 is 0 Å². The van der Waals surface area contributed by atoms with Gasteiger partial charge in [-0.2, -0.15) is 0 Å². The average Bonchev–Trinajstić information content (AvgIpc) is 2.38. The fraction of sp³-hybridized carbons (Fsp3) is 0.167. The molecule has 2 aromatic rings. The van der Waals surface area contributed by atoms with Crippen molar-refractivity contribution in [2.24, 2.45) is 0 Å². The molecule has 0 radical (unpaired) electrons. The Balaban J connectivity index is 2.00. The molecule has 100 valence electrons. The highest BCUT2D eigenvalue weighted by molar-refractivity contribution is 6.30. The summed E-state index contributed by atoms with van der Waals surface area (Å²) in [6.45, 7) is 0.905. The Hall–Kier alpha value is -1.72. The van der Waals surface area contributed by atoms with E-state index in [4.69, 9.17) is 23.2 Å². The maximum atomic E-state index is 11.5. The van der Waals surface area contributed by atoms with Crippen LogP contribution >= 0.6 is 23.2 Å². The second-order valence-electron chi connectivity index (χ2n) is 3.86. The lowest BCUT2D eigenvalue weighted by Gasteiger charge is -2.08. The lowest BCUT2D eigenvalue weighted by molar-refractivity contribution is 0.669. The molecule has 0 aliphatic rings. The second-order valence-corrected chi connectivity index (χ2v) is 4.71. The molecule has 0 atom stereocenters. The van der Waals surface area contributed by atoms with E-state index in [1.165, 1.54) is 10.8 Å². The van der Waals surface area contributed by atoms with Crippen LogP contribution in [0, 0.1) is 0 Å². The quantitative estimate of drug-likeness (QED) is 0.907. The standard InChI is InChI=1S/C12H11Cl2N3O2/c13-8-1-3-9(4-2-8)15-5-6-17-7-10(14)11(18)16-12(17)19/h1-4,7,15H,5-6H2,(H,16,18,19). The summed E-state index contributed by atoms with van der Waals surface area (Å²) in [6, 6.07) is 7.22. The van der Waals surface area contributed by atoms with Gasteiger partial charge < -0.3 is 5.32 Å². The number of rotatable bonds is 4. The van der Waals surface area contributed by atoms with Crippen LogP contribution in [0.25, 0.3) is 0 Å². The lowest BCUT2D eigenvalue weighted by Crippen LogP contribution is -2.31. The molecule has 7 heteroatoms. The first-order chi connectivity index (χ1) is 9.06. The summed E-state index contributed by atoms with van der Waals surface area (Å²) in [7, 11) is 0. The van der Waals surface area contributed by atoms with Gasteiger partial charge in [-0.05, 0) is 24.3 Å². The molecule has 0 bridgehead atoms. The maximum Gasteiger partial charge on any atom is 0.328 e. The molecular weight excluding hydrogens is 289 g/mol. The molecule has 0 saturated carbocycles. The van der Waals surface area contributed by atoms with Gasteiger partial charge in [0.1, 0.15) is 5.02 Å². The summed E-state index contributed by atoms with van der Waals surface area (Å²) >= 11 is 11.4. The van der Waals surface area contributed by atoms with Gasteiger partial charge >= 0.3 is 5.69 Å². The first-order valence-electron chi connectivity index (χ1n) is 5.55. The van der Waals surface area contributed by atoms with Crippen molar-refractivity contribution in [3.05, 3.63) is 61.3 Å². The van der Waals surface area contributed by atoms with Crippen LogP contribution in [0.15, 0.2) is 40.1 Å². The minimum atomic E-state index is -0.575. The van der Waals surface area contributed by atoms with Crippen LogP contribution < -0.4 is 16.6 Å². The molecule has 0 aliphatic heterocycles. The summed E-state index contributed by atoms with van der Waals surface area (Å²) in [4.78, 5) is 24.7. The summed E-state index contributed by atoms with van der Waals surface area (Å²) in [5.41, 5.74) is -0.158. The minimum absolute atomic E-state index is 0.00825. The summed E-state index contributed by atoms with van der Waals surface area (Å²) < 4.78 is 1.34. The van der Waals surface area contributed by atoms with Gasteiger partial charge in [-0.25, -0.2) is 4.79 Å². The first-order valence-corrected chi connectivity index (χ1v) is 6.30. The highest BCUT2D eigenvalue weighted by Gasteiger charge is 2.01. The molecular formula is C12H11Cl2N3O2. The van der Waals surface area contributed by atoms with E-state index in [2.05, 4.69) is 10.3 Å². The Morgan fingerprint density at radius 1 is 1.16 bits per heavy atom. The number of nitrogens with zero attached hydrogens (tertiary/aromatic N) is 1. The van der Waals surface area contributed by atoms with Crippen LogP contribution in [-0.4, -0.2) is 16.1 Å². The van der Waals surface area contributed by atoms with Crippen molar-refractivity contribution in [2.45, 2.75) is 6.54 Å². The number of H-pyrrole nitrogens is 1. The van der Waals surface area contributed by atoms with E-state index in [1.54, 1.807) is 12.1 Å². The SMILES string of the molecule is O=c1[nH]c(=O)n(CCNc2ccc(Cl)cc2)cc1Cl. The molecule has 1 aromatic carbocycles. The molecule has 5 nitrogen and oxygen atoms in total. The van der Waals surface area contributed by atoms with E-state index in [1.807, 2.05) is 12.1 Å². The summed E-state index contributed by atoms with van der Waals surface area (Å²) in [5, 5.41) is 3.78. The van der Waals surface area contributed by atoms with Crippen molar-refractivity contribution in [3.63, 3.8) is 0 Å². The van der Waals surface area contributed by atoms with Crippen LogP contribution in [0.2, 0.25) is 10.0 Å². The van der Waals surface area contributed by atoms with Crippen molar-refractivity contribution >= 4 is 28.9 Å². The molecule has 1 aromatic heterocycles. The summed E-state index contributed by atoms with van der Waals surface area (Å²) in [6.07, 6.45) is 1.33. The van der Waals surface area contributed by atoms with Gasteiger partial charge in [0.2, 0.25) is 0 Å². The number of anilines is 1. The Bertz CT molecular complexity index is 677. The van der Waals surface area contributed by atoms with Gasteiger partial charge in [0.05, 0.1) is 0 Å². The molecule has 2 N–H and O–H groups in total. The topological polar surface area (TPSA) is 66.9 Å². The highest BCUT2D eigenvalue weighted by atomic mass is 35.5. The third-order valence-electron chi connectivity index (χ3n) is 2.49. The van der Waals surface area contributed by atoms with Crippen LogP contribution in [-0.2, 0) is 6.54 Å². The Morgan fingerprint density at radius 2 is 1.84 bits per heavy atom. The molecule has 0 aliphatic carbocycles. The first kappa shape index (κ1) is 13.7. The molecule has 0 fully saturated rings. The third-order valence-corrected chi connectivity index (χ3v) is 3.01. The number of aromatic amines is 1. The van der Waals surface area contributed by atoms with E-state index in [9.17, 15) is 9.59 Å². The van der Waals surface area contributed by atoms with Crippen molar-refractivity contribution in [1.82, 2.24) is 9.55 Å². The van der Waals surface area contributed by atoms with Crippen molar-refractivity contribution in [2.75, 3.05) is 11.9 Å². The molecule has 0 spiro atoms. The van der Waals surface area contributed by atoms with E-state index < -0.39 is 11.2 Å². The molecule has 2 rings (SSSR count). The third kappa shape index (κ3) is 3.62. The highest BCUT2D eigenvalue weighted by Crippen LogP contribution is 2.12. The predicted molar refractivity (Wildman–Crippen MR) is 76.3 cm³/mol. The van der Waals surface area contributed by atoms with Crippen LogP contribution in [0.5, 0.6) is 0 Å². The molecule has 0 unspecified atom stereocenters. The molecule has 1 heterocycles. The van der Waals surface area contributed by atoms with E-state index in [0.29, 0.717) is 18.1 Å². The van der Waals surface area contributed by atoms with Crippen LogP contribution in [0.3, 0.4) is 0 Å². The largest absolute Gasteiger partial charge is 0.383 e. The zero-order chi connectivity index (χ0) is 13.8. The van der Waals surface area contributed by atoms with Crippen molar-refractivity contribution in [3.8, 4) is 0 Å². The van der Waals surface area contributed by atoms with Crippen LogP contribution in [0.1, 0.15) is 0 Å². The Morgan fingerprint density at radius 3 is 2.53 bits per heavy atom. The van der Waals surface area contributed by atoms with Crippen LogP contribution in [0.4, 0.5) is 5.69 Å². The van der Waals surface area contributed by atoms with Gasteiger partial charge in [0.25, 0.3) is 5.56 Å². The maximum absolute atomic E-state index is 11.5. The fourth-order valence-electron chi connectivity index (χ4n) is 1.54. The van der Waals surface area contributed by atoms with Gasteiger partial charge in [-0.3, -0.25) is 14.3 Å². The number of nitrogens with one attached hydrogen (secondary N) is 2. The Kier molecular flexibility index (Phi) is 4.29. The number of aromatic nitrogens is 2. The number of benzene rings is 1.